The van der Waals surface area contributed by atoms with Crippen LogP contribution in [-0.4, -0.2) is 34.8 Å². The first-order chi connectivity index (χ1) is 13.8. The molecule has 3 aromatic rings. The highest BCUT2D eigenvalue weighted by molar-refractivity contribution is 6.62. The Kier molecular flexibility index (Phi) is 4.35. The average molecular weight is 389 g/mol. The Morgan fingerprint density at radius 3 is 2.31 bits per heavy atom. The molecule has 5 nitrogen and oxygen atoms in total. The Morgan fingerprint density at radius 1 is 0.966 bits per heavy atom. The summed E-state index contributed by atoms with van der Waals surface area (Å²) in [5, 5.41) is 3.51. The highest BCUT2D eigenvalue weighted by atomic mass is 16.7. The van der Waals surface area contributed by atoms with Gasteiger partial charge in [0.1, 0.15) is 5.82 Å². The summed E-state index contributed by atoms with van der Waals surface area (Å²) in [5.41, 5.74) is 4.84. The van der Waals surface area contributed by atoms with Crippen LogP contribution in [0, 0.1) is 0 Å². The Hall–Kier alpha value is -2.15. The molecule has 29 heavy (non-hydrogen) atoms. The molecule has 2 saturated heterocycles. The summed E-state index contributed by atoms with van der Waals surface area (Å²) in [7, 11) is -0.328. The summed E-state index contributed by atoms with van der Waals surface area (Å²) >= 11 is 0. The van der Waals surface area contributed by atoms with Crippen LogP contribution < -0.4 is 10.8 Å². The number of fused-ring (bicyclic) bond motifs is 1. The quantitative estimate of drug-likeness (QED) is 0.666. The van der Waals surface area contributed by atoms with Crippen LogP contribution in [-0.2, 0) is 9.31 Å². The van der Waals surface area contributed by atoms with E-state index in [-0.39, 0.29) is 18.3 Å². The second kappa shape index (κ2) is 6.69. The summed E-state index contributed by atoms with van der Waals surface area (Å²) in [4.78, 5) is 8.28. The zero-order valence-corrected chi connectivity index (χ0v) is 17.6. The molecule has 2 N–H and O–H groups in total. The molecule has 5 rings (SSSR count). The highest BCUT2D eigenvalue weighted by Crippen LogP contribution is 2.36. The third-order valence-electron chi connectivity index (χ3n) is 6.66. The van der Waals surface area contributed by atoms with Gasteiger partial charge in [0.2, 0.25) is 0 Å². The lowest BCUT2D eigenvalue weighted by Crippen LogP contribution is -2.41. The van der Waals surface area contributed by atoms with Crippen LogP contribution in [0.15, 0.2) is 42.5 Å². The molecule has 2 aromatic carbocycles. The number of hydrogen-bond donors (Lipinski definition) is 2. The SMILES string of the molecule is CC1(C)OB(c2ccc(-c3ccc4nc(C5CCCN5)[nH]c4c3)cc2)OC1(C)C. The molecule has 2 aliphatic heterocycles. The molecule has 6 heteroatoms. The first-order valence-corrected chi connectivity index (χ1v) is 10.5. The normalized spacial score (nSPS) is 23.2. The van der Waals surface area contributed by atoms with Crippen molar-refractivity contribution in [3.8, 4) is 11.1 Å². The number of benzene rings is 2. The molecular formula is C23H28BN3O2. The Morgan fingerprint density at radius 2 is 1.66 bits per heavy atom. The van der Waals surface area contributed by atoms with E-state index in [2.05, 4.69) is 80.5 Å². The molecule has 3 heterocycles. The van der Waals surface area contributed by atoms with E-state index in [0.29, 0.717) is 6.04 Å². The smallest absolute Gasteiger partial charge is 0.399 e. The zero-order chi connectivity index (χ0) is 20.2. The maximum absolute atomic E-state index is 6.16. The third-order valence-corrected chi connectivity index (χ3v) is 6.66. The van der Waals surface area contributed by atoms with Crippen molar-refractivity contribution < 1.29 is 9.31 Å². The Labute approximate surface area is 172 Å². The number of nitrogens with one attached hydrogen (secondary N) is 2. The van der Waals surface area contributed by atoms with E-state index < -0.39 is 0 Å². The first kappa shape index (κ1) is 18.9. The number of hydrogen-bond acceptors (Lipinski definition) is 4. The Balaban J connectivity index is 1.39. The van der Waals surface area contributed by atoms with Gasteiger partial charge >= 0.3 is 7.12 Å². The van der Waals surface area contributed by atoms with Crippen LogP contribution in [0.25, 0.3) is 22.2 Å². The Bertz CT molecular complexity index is 1020. The van der Waals surface area contributed by atoms with Crippen LogP contribution in [0.2, 0.25) is 0 Å². The van der Waals surface area contributed by atoms with Crippen molar-refractivity contribution in [1.82, 2.24) is 15.3 Å². The van der Waals surface area contributed by atoms with Gasteiger partial charge in [-0.25, -0.2) is 4.98 Å². The van der Waals surface area contributed by atoms with Gasteiger partial charge in [0.05, 0.1) is 28.3 Å². The van der Waals surface area contributed by atoms with Gasteiger partial charge in [0.25, 0.3) is 0 Å². The number of nitrogens with zero attached hydrogens (tertiary/aromatic N) is 1. The average Bonchev–Trinajstić information content (AvgIpc) is 3.39. The lowest BCUT2D eigenvalue weighted by molar-refractivity contribution is 0.00578. The number of aromatic nitrogens is 2. The van der Waals surface area contributed by atoms with Crippen molar-refractivity contribution in [2.75, 3.05) is 6.54 Å². The number of aromatic amines is 1. The van der Waals surface area contributed by atoms with Gasteiger partial charge in [-0.1, -0.05) is 30.3 Å². The largest absolute Gasteiger partial charge is 0.494 e. The van der Waals surface area contributed by atoms with Gasteiger partial charge in [0, 0.05) is 0 Å². The topological polar surface area (TPSA) is 59.2 Å². The van der Waals surface area contributed by atoms with Crippen LogP contribution >= 0.6 is 0 Å². The van der Waals surface area contributed by atoms with Crippen molar-refractivity contribution in [1.29, 1.82) is 0 Å². The standard InChI is InChI=1S/C23H28BN3O2/c1-22(2)23(3,4)29-24(28-22)17-10-7-15(8-11-17)16-9-12-18-20(14-16)27-21(26-18)19-6-5-13-25-19/h7-12,14,19,25H,5-6,13H2,1-4H3,(H,26,27). The molecule has 1 atom stereocenters. The van der Waals surface area contributed by atoms with E-state index in [0.717, 1.165) is 35.3 Å². The molecule has 2 fully saturated rings. The van der Waals surface area contributed by atoms with E-state index in [4.69, 9.17) is 14.3 Å². The van der Waals surface area contributed by atoms with Crippen LogP contribution in [0.3, 0.4) is 0 Å². The fraction of sp³-hybridized carbons (Fsp3) is 0.435. The summed E-state index contributed by atoms with van der Waals surface area (Å²) < 4.78 is 12.3. The third kappa shape index (κ3) is 3.29. The number of rotatable bonds is 3. The lowest BCUT2D eigenvalue weighted by Gasteiger charge is -2.32. The van der Waals surface area contributed by atoms with Gasteiger partial charge in [0.15, 0.2) is 0 Å². The maximum Gasteiger partial charge on any atom is 0.494 e. The second-order valence-electron chi connectivity index (χ2n) is 9.21. The first-order valence-electron chi connectivity index (χ1n) is 10.5. The molecule has 2 aliphatic rings. The molecule has 1 unspecified atom stereocenters. The molecule has 0 aliphatic carbocycles. The molecular weight excluding hydrogens is 361 g/mol. The second-order valence-corrected chi connectivity index (χ2v) is 9.21. The van der Waals surface area contributed by atoms with Gasteiger partial charge < -0.3 is 19.6 Å². The summed E-state index contributed by atoms with van der Waals surface area (Å²) in [6.07, 6.45) is 2.36. The van der Waals surface area contributed by atoms with Crippen LogP contribution in [0.4, 0.5) is 0 Å². The maximum atomic E-state index is 6.16. The molecule has 0 spiro atoms. The molecule has 0 saturated carbocycles. The minimum Gasteiger partial charge on any atom is -0.399 e. The zero-order valence-electron chi connectivity index (χ0n) is 17.6. The number of H-pyrrole nitrogens is 1. The van der Waals surface area contributed by atoms with Crippen molar-refractivity contribution in [3.05, 3.63) is 48.3 Å². The predicted octanol–water partition coefficient (Wildman–Crippen LogP) is 3.95. The fourth-order valence-electron chi connectivity index (χ4n) is 4.10. The van der Waals surface area contributed by atoms with E-state index in [1.165, 1.54) is 17.5 Å². The van der Waals surface area contributed by atoms with Crippen molar-refractivity contribution in [2.45, 2.75) is 57.8 Å². The number of imidazole rings is 1. The minimum atomic E-state index is -0.328. The van der Waals surface area contributed by atoms with E-state index in [9.17, 15) is 0 Å². The van der Waals surface area contributed by atoms with Gasteiger partial charge in [-0.2, -0.15) is 0 Å². The van der Waals surface area contributed by atoms with Crippen molar-refractivity contribution in [3.63, 3.8) is 0 Å². The van der Waals surface area contributed by atoms with E-state index in [1.807, 2.05) is 0 Å². The monoisotopic (exact) mass is 389 g/mol. The molecule has 0 radical (unpaired) electrons. The molecule has 0 bridgehead atoms. The molecule has 1 aromatic heterocycles. The summed E-state index contributed by atoms with van der Waals surface area (Å²) in [6.45, 7) is 9.39. The lowest BCUT2D eigenvalue weighted by atomic mass is 9.78. The predicted molar refractivity (Wildman–Crippen MR) is 117 cm³/mol. The van der Waals surface area contributed by atoms with Gasteiger partial charge in [-0.15, -0.1) is 0 Å². The van der Waals surface area contributed by atoms with E-state index >= 15 is 0 Å². The van der Waals surface area contributed by atoms with Crippen LogP contribution in [0.5, 0.6) is 0 Å². The summed E-state index contributed by atoms with van der Waals surface area (Å²) in [6, 6.07) is 15.2. The molecule has 0 amide bonds. The summed E-state index contributed by atoms with van der Waals surface area (Å²) in [5.74, 6) is 1.05. The fourth-order valence-corrected chi connectivity index (χ4v) is 4.10. The molecule has 150 valence electrons. The van der Waals surface area contributed by atoms with Crippen molar-refractivity contribution in [2.24, 2.45) is 0 Å². The van der Waals surface area contributed by atoms with Crippen LogP contribution in [0.1, 0.15) is 52.4 Å². The van der Waals surface area contributed by atoms with Crippen molar-refractivity contribution >= 4 is 23.6 Å². The highest BCUT2D eigenvalue weighted by Gasteiger charge is 2.51. The van der Waals surface area contributed by atoms with Gasteiger partial charge in [-0.3, -0.25) is 0 Å². The van der Waals surface area contributed by atoms with Gasteiger partial charge in [-0.05, 0) is 75.8 Å². The van der Waals surface area contributed by atoms with E-state index in [1.54, 1.807) is 0 Å². The minimum absolute atomic E-state index is 0.326.